The largest absolute Gasteiger partial charge is 0.508 e. The van der Waals surface area contributed by atoms with Gasteiger partial charge in [0.25, 0.3) is 0 Å². The molecule has 2 heteroatoms. The van der Waals surface area contributed by atoms with E-state index in [2.05, 4.69) is 6.07 Å². The van der Waals surface area contributed by atoms with Crippen molar-refractivity contribution in [2.24, 2.45) is 11.1 Å². The number of nitrogens with two attached hydrogens (primary N) is 1. The van der Waals surface area contributed by atoms with E-state index in [1.807, 2.05) is 13.0 Å². The number of aromatic hydroxyl groups is 1. The molecule has 1 aliphatic carbocycles. The minimum Gasteiger partial charge on any atom is -0.508 e. The van der Waals surface area contributed by atoms with E-state index >= 15 is 0 Å². The second kappa shape index (κ2) is 3.28. The van der Waals surface area contributed by atoms with Crippen molar-refractivity contribution in [3.63, 3.8) is 0 Å². The molecule has 1 aromatic rings. The average molecular weight is 191 g/mol. The molecule has 0 saturated heterocycles. The summed E-state index contributed by atoms with van der Waals surface area (Å²) in [6, 6.07) is 5.77. The standard InChI is InChI=1S/C12H17NO/c1-9-2-3-11(14)10(6-9)7-12(8-13)4-5-12/h2-3,6,14H,4-5,7-8,13H2,1H3. The smallest absolute Gasteiger partial charge is 0.118 e. The topological polar surface area (TPSA) is 46.2 Å². The van der Waals surface area contributed by atoms with Gasteiger partial charge in [-0.15, -0.1) is 0 Å². The quantitative estimate of drug-likeness (QED) is 0.767. The fourth-order valence-electron chi connectivity index (χ4n) is 1.89. The van der Waals surface area contributed by atoms with Crippen LogP contribution in [-0.2, 0) is 6.42 Å². The molecule has 0 heterocycles. The summed E-state index contributed by atoms with van der Waals surface area (Å²) in [4.78, 5) is 0. The van der Waals surface area contributed by atoms with Crippen LogP contribution in [0.15, 0.2) is 18.2 Å². The maximum atomic E-state index is 9.68. The molecule has 0 spiro atoms. The van der Waals surface area contributed by atoms with Gasteiger partial charge < -0.3 is 10.8 Å². The summed E-state index contributed by atoms with van der Waals surface area (Å²) in [6.45, 7) is 2.78. The highest BCUT2D eigenvalue weighted by Gasteiger charge is 2.41. The van der Waals surface area contributed by atoms with Crippen LogP contribution >= 0.6 is 0 Å². The number of phenolic OH excluding ortho intramolecular Hbond substituents is 1. The van der Waals surface area contributed by atoms with Crippen LogP contribution in [0.1, 0.15) is 24.0 Å². The second-order valence-corrected chi connectivity index (χ2v) is 4.51. The molecule has 1 saturated carbocycles. The lowest BCUT2D eigenvalue weighted by Gasteiger charge is -2.13. The first kappa shape index (κ1) is 9.53. The van der Waals surface area contributed by atoms with Gasteiger partial charge in [0, 0.05) is 0 Å². The molecule has 2 nitrogen and oxygen atoms in total. The number of aryl methyl sites for hydroxylation is 1. The van der Waals surface area contributed by atoms with Crippen molar-refractivity contribution in [2.75, 3.05) is 6.54 Å². The molecule has 0 amide bonds. The lowest BCUT2D eigenvalue weighted by atomic mass is 9.95. The first-order valence-electron chi connectivity index (χ1n) is 5.14. The highest BCUT2D eigenvalue weighted by molar-refractivity contribution is 5.37. The van der Waals surface area contributed by atoms with Crippen molar-refractivity contribution in [3.05, 3.63) is 29.3 Å². The van der Waals surface area contributed by atoms with Crippen molar-refractivity contribution < 1.29 is 5.11 Å². The summed E-state index contributed by atoms with van der Waals surface area (Å²) >= 11 is 0. The highest BCUT2D eigenvalue weighted by atomic mass is 16.3. The number of hydrogen-bond acceptors (Lipinski definition) is 2. The number of hydrogen-bond donors (Lipinski definition) is 2. The fourth-order valence-corrected chi connectivity index (χ4v) is 1.89. The normalized spacial score (nSPS) is 18.1. The Morgan fingerprint density at radius 3 is 2.71 bits per heavy atom. The Balaban J connectivity index is 2.20. The fraction of sp³-hybridized carbons (Fsp3) is 0.500. The summed E-state index contributed by atoms with van der Waals surface area (Å²) in [7, 11) is 0. The monoisotopic (exact) mass is 191 g/mol. The number of rotatable bonds is 3. The molecular weight excluding hydrogens is 174 g/mol. The third-order valence-electron chi connectivity index (χ3n) is 3.19. The molecule has 0 radical (unpaired) electrons. The van der Waals surface area contributed by atoms with E-state index in [9.17, 15) is 5.11 Å². The van der Waals surface area contributed by atoms with Gasteiger partial charge in [-0.05, 0) is 49.8 Å². The maximum Gasteiger partial charge on any atom is 0.118 e. The van der Waals surface area contributed by atoms with Gasteiger partial charge in [0.2, 0.25) is 0 Å². The molecule has 14 heavy (non-hydrogen) atoms. The Hall–Kier alpha value is -1.02. The van der Waals surface area contributed by atoms with E-state index < -0.39 is 0 Å². The molecule has 0 aliphatic heterocycles. The van der Waals surface area contributed by atoms with Crippen LogP contribution in [-0.4, -0.2) is 11.7 Å². The third kappa shape index (κ3) is 1.75. The average Bonchev–Trinajstić information content (AvgIpc) is 2.92. The Morgan fingerprint density at radius 2 is 2.14 bits per heavy atom. The molecule has 0 bridgehead atoms. The molecule has 3 N–H and O–H groups in total. The van der Waals surface area contributed by atoms with Crippen molar-refractivity contribution >= 4 is 0 Å². The van der Waals surface area contributed by atoms with Crippen LogP contribution in [0.25, 0.3) is 0 Å². The summed E-state index contributed by atoms with van der Waals surface area (Å²) in [5.74, 6) is 0.412. The Bertz CT molecular complexity index is 342. The van der Waals surface area contributed by atoms with Gasteiger partial charge in [-0.25, -0.2) is 0 Å². The van der Waals surface area contributed by atoms with E-state index in [4.69, 9.17) is 5.73 Å². The maximum absolute atomic E-state index is 9.68. The van der Waals surface area contributed by atoms with Crippen LogP contribution < -0.4 is 5.73 Å². The second-order valence-electron chi connectivity index (χ2n) is 4.51. The minimum absolute atomic E-state index is 0.297. The van der Waals surface area contributed by atoms with Crippen LogP contribution in [0.4, 0.5) is 0 Å². The highest BCUT2D eigenvalue weighted by Crippen LogP contribution is 2.48. The Kier molecular flexibility index (Phi) is 2.23. The van der Waals surface area contributed by atoms with Crippen molar-refractivity contribution in [1.29, 1.82) is 0 Å². The molecule has 2 rings (SSSR count). The van der Waals surface area contributed by atoms with Crippen LogP contribution in [0, 0.1) is 12.3 Å². The van der Waals surface area contributed by atoms with E-state index in [1.54, 1.807) is 6.07 Å². The Labute approximate surface area is 84.7 Å². The van der Waals surface area contributed by atoms with E-state index in [0.29, 0.717) is 11.2 Å². The van der Waals surface area contributed by atoms with Gasteiger partial charge in [0.15, 0.2) is 0 Å². The molecule has 0 unspecified atom stereocenters. The summed E-state index contributed by atoms with van der Waals surface area (Å²) in [5.41, 5.74) is 8.27. The Morgan fingerprint density at radius 1 is 1.43 bits per heavy atom. The van der Waals surface area contributed by atoms with Crippen LogP contribution in [0.2, 0.25) is 0 Å². The van der Waals surface area contributed by atoms with Gasteiger partial charge in [-0.3, -0.25) is 0 Å². The van der Waals surface area contributed by atoms with Crippen molar-refractivity contribution in [1.82, 2.24) is 0 Å². The third-order valence-corrected chi connectivity index (χ3v) is 3.19. The zero-order valence-electron chi connectivity index (χ0n) is 8.59. The summed E-state index contributed by atoms with van der Waals surface area (Å²) in [5, 5.41) is 9.68. The van der Waals surface area contributed by atoms with Crippen LogP contribution in [0.3, 0.4) is 0 Å². The minimum atomic E-state index is 0.297. The zero-order chi connectivity index (χ0) is 10.2. The first-order valence-corrected chi connectivity index (χ1v) is 5.14. The van der Waals surface area contributed by atoms with Crippen LogP contribution in [0.5, 0.6) is 5.75 Å². The summed E-state index contributed by atoms with van der Waals surface area (Å²) < 4.78 is 0. The zero-order valence-corrected chi connectivity index (χ0v) is 8.59. The lowest BCUT2D eigenvalue weighted by Crippen LogP contribution is -2.17. The molecular formula is C12H17NO. The van der Waals surface area contributed by atoms with Gasteiger partial charge in [0.1, 0.15) is 5.75 Å². The van der Waals surface area contributed by atoms with E-state index in [-0.39, 0.29) is 0 Å². The van der Waals surface area contributed by atoms with Gasteiger partial charge in [-0.1, -0.05) is 17.7 Å². The molecule has 76 valence electrons. The molecule has 0 aromatic heterocycles. The SMILES string of the molecule is Cc1ccc(O)c(CC2(CN)CC2)c1. The first-order chi connectivity index (χ1) is 6.65. The van der Waals surface area contributed by atoms with E-state index in [0.717, 1.165) is 18.5 Å². The van der Waals surface area contributed by atoms with Crippen molar-refractivity contribution in [2.45, 2.75) is 26.2 Å². The van der Waals surface area contributed by atoms with Crippen molar-refractivity contribution in [3.8, 4) is 5.75 Å². The van der Waals surface area contributed by atoms with Gasteiger partial charge >= 0.3 is 0 Å². The molecule has 1 aliphatic rings. The number of phenols is 1. The lowest BCUT2D eigenvalue weighted by molar-refractivity contribution is 0.450. The van der Waals surface area contributed by atoms with E-state index in [1.165, 1.54) is 18.4 Å². The number of benzene rings is 1. The van der Waals surface area contributed by atoms with Gasteiger partial charge in [-0.2, -0.15) is 0 Å². The molecule has 1 fully saturated rings. The predicted octanol–water partition coefficient (Wildman–Crippen LogP) is 1.98. The summed E-state index contributed by atoms with van der Waals surface area (Å²) in [6.07, 6.45) is 3.34. The van der Waals surface area contributed by atoms with Gasteiger partial charge in [0.05, 0.1) is 0 Å². The predicted molar refractivity (Wildman–Crippen MR) is 57.3 cm³/mol. The molecule has 0 atom stereocenters. The molecule has 1 aromatic carbocycles.